The molecule has 0 spiro atoms. The summed E-state index contributed by atoms with van der Waals surface area (Å²) >= 11 is 0. The largest absolute Gasteiger partial charge is 0.453 e. The van der Waals surface area contributed by atoms with Gasteiger partial charge in [0, 0.05) is 13.0 Å². The maximum Gasteiger partial charge on any atom is 0.453 e. The lowest BCUT2D eigenvalue weighted by molar-refractivity contribution is -0.285. The van der Waals surface area contributed by atoms with E-state index in [4.69, 9.17) is 0 Å². The number of hydrogen-bond donors (Lipinski definition) is 2. The fraction of sp³-hybridized carbons (Fsp3) is 0.429. The molecule has 0 saturated carbocycles. The minimum atomic E-state index is -5.76. The van der Waals surface area contributed by atoms with Gasteiger partial charge in [-0.15, -0.1) is 0 Å². The number of hydrogen-bond acceptors (Lipinski definition) is 6. The molecule has 2 aliphatic rings. The Hall–Kier alpha value is -3.78. The van der Waals surface area contributed by atoms with Crippen LogP contribution in [0, 0.1) is 11.2 Å². The highest BCUT2D eigenvalue weighted by Crippen LogP contribution is 2.54. The number of carbonyl (C=O) groups is 2. The van der Waals surface area contributed by atoms with Crippen molar-refractivity contribution in [2.75, 3.05) is 10.6 Å². The fourth-order valence-electron chi connectivity index (χ4n) is 4.40. The van der Waals surface area contributed by atoms with E-state index < -0.39 is 53.5 Å². The second-order valence-corrected chi connectivity index (χ2v) is 9.33. The Morgan fingerprint density at radius 3 is 2.22 bits per heavy atom. The van der Waals surface area contributed by atoms with Crippen molar-refractivity contribution in [3.8, 4) is 11.5 Å². The third-order valence-electron chi connectivity index (χ3n) is 6.96. The lowest BCUT2D eigenvalue weighted by atomic mass is 9.61. The smallest absolute Gasteiger partial charge is 0.310 e. The maximum absolute atomic E-state index is 14.0. The number of carbonyl (C=O) groups excluding carboxylic acids is 2. The van der Waals surface area contributed by atoms with Crippen LogP contribution in [0.3, 0.4) is 0 Å². The molecule has 0 aliphatic carbocycles. The molecule has 3 aromatic rings. The lowest BCUT2D eigenvalue weighted by Crippen LogP contribution is -2.54. The monoisotopic (exact) mass is 513 g/mol. The van der Waals surface area contributed by atoms with Crippen LogP contribution in [-0.2, 0) is 21.5 Å². The fourth-order valence-corrected chi connectivity index (χ4v) is 4.40. The molecule has 15 heteroatoms. The van der Waals surface area contributed by atoms with E-state index in [0.29, 0.717) is 5.56 Å². The first-order valence-corrected chi connectivity index (χ1v) is 10.6. The summed E-state index contributed by atoms with van der Waals surface area (Å²) in [6.45, 7) is 3.85. The van der Waals surface area contributed by atoms with E-state index in [2.05, 4.69) is 30.7 Å². The van der Waals surface area contributed by atoms with Gasteiger partial charge in [-0.05, 0) is 26.8 Å². The van der Waals surface area contributed by atoms with Gasteiger partial charge in [-0.2, -0.15) is 27.1 Å². The van der Waals surface area contributed by atoms with E-state index >= 15 is 0 Å². The van der Waals surface area contributed by atoms with Crippen molar-refractivity contribution >= 4 is 34.5 Å². The topological polar surface area (TPSA) is 115 Å². The Morgan fingerprint density at radius 1 is 1.00 bits per heavy atom. The average Bonchev–Trinajstić information content (AvgIpc) is 3.25. The van der Waals surface area contributed by atoms with E-state index in [1.165, 1.54) is 0 Å². The standard InChI is InChI=1S/C21H17F6N7O2/c1-18(2)16(35)31-12-10-13(32-17(36)19(10,18)3)30-14(29-12)11-9-6-8(22)7-28-15(9)34(33-11)5-4-20(23,24)21(25,26)27/h6-7H,4-5H2,1-3H3,(H2,29,30,31,32,35,36). The van der Waals surface area contributed by atoms with E-state index in [1.54, 1.807) is 20.8 Å². The molecular formula is C21H17F6N7O2. The number of halogens is 6. The van der Waals surface area contributed by atoms with Crippen LogP contribution < -0.4 is 10.6 Å². The number of rotatable bonds is 4. The first kappa shape index (κ1) is 23.9. The molecule has 0 radical (unpaired) electrons. The Morgan fingerprint density at radius 2 is 1.61 bits per heavy atom. The van der Waals surface area contributed by atoms with Crippen molar-refractivity contribution in [3.63, 3.8) is 0 Å². The van der Waals surface area contributed by atoms with Crippen molar-refractivity contribution in [1.82, 2.24) is 24.7 Å². The highest BCUT2D eigenvalue weighted by atomic mass is 19.4. The van der Waals surface area contributed by atoms with Gasteiger partial charge in [-0.25, -0.2) is 24.0 Å². The summed E-state index contributed by atoms with van der Waals surface area (Å²) < 4.78 is 79.7. The zero-order valence-electron chi connectivity index (χ0n) is 18.9. The predicted molar refractivity (Wildman–Crippen MR) is 113 cm³/mol. The molecule has 1 atom stereocenters. The number of anilines is 2. The summed E-state index contributed by atoms with van der Waals surface area (Å²) in [5, 5.41) is 9.20. The van der Waals surface area contributed by atoms with Gasteiger partial charge in [0.1, 0.15) is 23.1 Å². The molecule has 0 fully saturated rings. The van der Waals surface area contributed by atoms with Gasteiger partial charge in [0.05, 0.1) is 28.0 Å². The lowest BCUT2D eigenvalue weighted by Gasteiger charge is -2.42. The van der Waals surface area contributed by atoms with E-state index in [-0.39, 0.29) is 34.2 Å². The molecule has 36 heavy (non-hydrogen) atoms. The number of pyridine rings is 1. The van der Waals surface area contributed by atoms with Crippen molar-refractivity contribution < 1.29 is 35.9 Å². The number of fused-ring (bicyclic) bond motifs is 1. The highest BCUT2D eigenvalue weighted by Gasteiger charge is 2.62. The van der Waals surface area contributed by atoms with Crippen molar-refractivity contribution in [1.29, 1.82) is 0 Å². The third-order valence-corrected chi connectivity index (χ3v) is 6.96. The van der Waals surface area contributed by atoms with E-state index in [0.717, 1.165) is 16.9 Å². The summed E-state index contributed by atoms with van der Waals surface area (Å²) in [6.07, 6.45) is -6.64. The first-order chi connectivity index (χ1) is 16.6. The van der Waals surface area contributed by atoms with Gasteiger partial charge in [0.2, 0.25) is 11.8 Å². The van der Waals surface area contributed by atoms with Crippen LogP contribution in [0.1, 0.15) is 32.8 Å². The summed E-state index contributed by atoms with van der Waals surface area (Å²) in [7, 11) is 0. The zero-order valence-corrected chi connectivity index (χ0v) is 18.9. The zero-order chi connectivity index (χ0) is 26.4. The Balaban J connectivity index is 1.65. The third kappa shape index (κ3) is 3.10. The molecule has 5 rings (SSSR count). The average molecular weight is 513 g/mol. The molecule has 2 aliphatic heterocycles. The van der Waals surface area contributed by atoms with Gasteiger partial charge < -0.3 is 10.6 Å². The molecule has 190 valence electrons. The van der Waals surface area contributed by atoms with Crippen molar-refractivity contribution in [3.05, 3.63) is 23.6 Å². The van der Waals surface area contributed by atoms with Crippen LogP contribution in [0.25, 0.3) is 22.6 Å². The molecule has 2 N–H and O–H groups in total. The molecule has 2 amide bonds. The SMILES string of the molecule is CC1(C)C(=O)Nc2nc(-c3nn(CCC(F)(F)C(F)(F)F)c4ncc(F)cc34)nc3c2C1(C)C(=O)N3. The van der Waals surface area contributed by atoms with Crippen molar-refractivity contribution in [2.24, 2.45) is 5.41 Å². The number of nitrogens with one attached hydrogen (secondary N) is 2. The quantitative estimate of drug-likeness (QED) is 0.513. The van der Waals surface area contributed by atoms with Crippen LogP contribution in [0.4, 0.5) is 38.0 Å². The second-order valence-electron chi connectivity index (χ2n) is 9.33. The van der Waals surface area contributed by atoms with Gasteiger partial charge in [0.25, 0.3) is 0 Å². The van der Waals surface area contributed by atoms with E-state index in [9.17, 15) is 35.9 Å². The molecule has 3 aromatic heterocycles. The number of aryl methyl sites for hydroxylation is 1. The van der Waals surface area contributed by atoms with Gasteiger partial charge >= 0.3 is 12.1 Å². The minimum absolute atomic E-state index is 0.00385. The highest BCUT2D eigenvalue weighted by molar-refractivity contribution is 6.15. The van der Waals surface area contributed by atoms with E-state index in [1.807, 2.05) is 0 Å². The molecule has 0 bridgehead atoms. The van der Waals surface area contributed by atoms with Crippen LogP contribution in [0.5, 0.6) is 0 Å². The number of alkyl halides is 5. The summed E-state index contributed by atoms with van der Waals surface area (Å²) in [5.41, 5.74) is -2.50. The molecule has 0 saturated heterocycles. The number of nitrogens with zero attached hydrogens (tertiary/aromatic N) is 5. The van der Waals surface area contributed by atoms with Crippen LogP contribution in [0.15, 0.2) is 12.3 Å². The Labute approximate surface area is 198 Å². The minimum Gasteiger partial charge on any atom is -0.310 e. The maximum atomic E-state index is 14.0. The molecular weight excluding hydrogens is 496 g/mol. The summed E-state index contributed by atoms with van der Waals surface area (Å²) in [5.74, 6) is -6.99. The van der Waals surface area contributed by atoms with Crippen molar-refractivity contribution in [2.45, 2.75) is 51.3 Å². The Kier molecular flexibility index (Phi) is 4.74. The van der Waals surface area contributed by atoms with Crippen LogP contribution in [-0.4, -0.2) is 48.6 Å². The number of amides is 2. The van der Waals surface area contributed by atoms with Crippen LogP contribution >= 0.6 is 0 Å². The molecule has 0 aromatic carbocycles. The first-order valence-electron chi connectivity index (χ1n) is 10.6. The summed E-state index contributed by atoms with van der Waals surface area (Å²) in [6, 6.07) is 0.954. The molecule has 5 heterocycles. The molecule has 9 nitrogen and oxygen atoms in total. The van der Waals surface area contributed by atoms with Gasteiger partial charge in [-0.3, -0.25) is 9.59 Å². The molecule has 1 unspecified atom stereocenters. The normalized spacial score (nSPS) is 20.9. The summed E-state index contributed by atoms with van der Waals surface area (Å²) in [4.78, 5) is 38.1. The Bertz CT molecular complexity index is 1470. The number of aromatic nitrogens is 5. The van der Waals surface area contributed by atoms with Crippen LogP contribution in [0.2, 0.25) is 0 Å². The predicted octanol–water partition coefficient (Wildman–Crippen LogP) is 3.80. The van der Waals surface area contributed by atoms with Gasteiger partial charge in [0.15, 0.2) is 11.5 Å². The van der Waals surface area contributed by atoms with Gasteiger partial charge in [-0.1, -0.05) is 0 Å². The second kappa shape index (κ2) is 7.13.